The van der Waals surface area contributed by atoms with Crippen LogP contribution in [0, 0.1) is 0 Å². The second-order valence-electron chi connectivity index (χ2n) is 3.77. The molecule has 94 valence electrons. The monoisotopic (exact) mass is 262 g/mol. The molecule has 1 heterocycles. The van der Waals surface area contributed by atoms with Crippen molar-refractivity contribution in [1.29, 1.82) is 0 Å². The van der Waals surface area contributed by atoms with Crippen LogP contribution >= 0.6 is 11.3 Å². The van der Waals surface area contributed by atoms with Gasteiger partial charge in [0.05, 0.1) is 6.54 Å². The second-order valence-corrected chi connectivity index (χ2v) is 4.64. The predicted molar refractivity (Wildman–Crippen MR) is 72.7 cm³/mol. The van der Waals surface area contributed by atoms with E-state index < -0.39 is 0 Å². The van der Waals surface area contributed by atoms with E-state index in [4.69, 9.17) is 4.74 Å². The molecule has 5 heteroatoms. The molecule has 0 saturated heterocycles. The molecule has 2 rings (SSSR count). The van der Waals surface area contributed by atoms with Crippen LogP contribution in [0.25, 0.3) is 0 Å². The van der Waals surface area contributed by atoms with Gasteiger partial charge in [0.25, 0.3) is 0 Å². The quantitative estimate of drug-likeness (QED) is 0.750. The van der Waals surface area contributed by atoms with Gasteiger partial charge >= 0.3 is 0 Å². The molecule has 0 radical (unpaired) electrons. The fourth-order valence-corrected chi connectivity index (χ4v) is 2.08. The smallest absolute Gasteiger partial charge is 0.185 e. The van der Waals surface area contributed by atoms with Crippen LogP contribution in [0.1, 0.15) is 10.4 Å². The third-order valence-electron chi connectivity index (χ3n) is 2.46. The molecule has 0 atom stereocenters. The molecule has 0 aliphatic carbocycles. The van der Waals surface area contributed by atoms with Crippen LogP contribution in [0.5, 0.6) is 5.75 Å². The summed E-state index contributed by atoms with van der Waals surface area (Å²) in [6.45, 7) is 1.35. The van der Waals surface area contributed by atoms with Gasteiger partial charge in [-0.05, 0) is 24.3 Å². The van der Waals surface area contributed by atoms with Crippen molar-refractivity contribution in [3.8, 4) is 5.75 Å². The maximum Gasteiger partial charge on any atom is 0.185 e. The van der Waals surface area contributed by atoms with Crippen LogP contribution in [-0.2, 0) is 0 Å². The number of aldehydes is 1. The molecule has 0 N–H and O–H groups in total. The zero-order chi connectivity index (χ0) is 12.8. The van der Waals surface area contributed by atoms with E-state index >= 15 is 0 Å². The molecule has 0 aliphatic rings. The van der Waals surface area contributed by atoms with Gasteiger partial charge in [-0.25, -0.2) is 4.98 Å². The molecule has 0 fully saturated rings. The topological polar surface area (TPSA) is 42.4 Å². The third kappa shape index (κ3) is 3.30. The number of hydrogen-bond acceptors (Lipinski definition) is 5. The van der Waals surface area contributed by atoms with Crippen LogP contribution in [-0.4, -0.2) is 31.5 Å². The number of hydrogen-bond donors (Lipinski definition) is 0. The van der Waals surface area contributed by atoms with E-state index in [1.807, 2.05) is 17.3 Å². The van der Waals surface area contributed by atoms with Crippen LogP contribution in [0.4, 0.5) is 5.13 Å². The zero-order valence-electron chi connectivity index (χ0n) is 10.1. The lowest BCUT2D eigenvalue weighted by Crippen LogP contribution is -2.23. The Morgan fingerprint density at radius 1 is 1.39 bits per heavy atom. The molecule has 0 spiro atoms. The summed E-state index contributed by atoms with van der Waals surface area (Å²) in [7, 11) is 1.98. The molecular formula is C13H14N2O2S. The molecule has 0 amide bonds. The first-order valence-corrected chi connectivity index (χ1v) is 6.46. The van der Waals surface area contributed by atoms with Gasteiger partial charge in [0.15, 0.2) is 5.13 Å². The van der Waals surface area contributed by atoms with Gasteiger partial charge < -0.3 is 9.64 Å². The standard InChI is InChI=1S/C13H14N2O2S/c1-15(13-14-6-9-18-13)7-8-17-12-4-2-11(10-16)3-5-12/h2-6,9-10H,7-8H2,1H3. The minimum atomic E-state index is 0.580. The van der Waals surface area contributed by atoms with Crippen molar-refractivity contribution < 1.29 is 9.53 Å². The summed E-state index contributed by atoms with van der Waals surface area (Å²) in [5.41, 5.74) is 0.655. The van der Waals surface area contributed by atoms with E-state index in [9.17, 15) is 4.79 Å². The summed E-state index contributed by atoms with van der Waals surface area (Å²) in [6, 6.07) is 7.08. The third-order valence-corrected chi connectivity index (χ3v) is 3.34. The number of carbonyl (C=O) groups is 1. The Morgan fingerprint density at radius 2 is 2.17 bits per heavy atom. The van der Waals surface area contributed by atoms with Crippen molar-refractivity contribution >= 4 is 22.8 Å². The molecule has 0 bridgehead atoms. The maximum atomic E-state index is 10.5. The fourth-order valence-electron chi connectivity index (χ4n) is 1.44. The van der Waals surface area contributed by atoms with Gasteiger partial charge in [0.2, 0.25) is 0 Å². The molecule has 0 aliphatic heterocycles. The highest BCUT2D eigenvalue weighted by Gasteiger charge is 2.03. The van der Waals surface area contributed by atoms with Gasteiger partial charge in [0, 0.05) is 24.2 Å². The lowest BCUT2D eigenvalue weighted by Gasteiger charge is -2.15. The largest absolute Gasteiger partial charge is 0.492 e. The fraction of sp³-hybridized carbons (Fsp3) is 0.231. The first kappa shape index (κ1) is 12.6. The summed E-state index contributed by atoms with van der Waals surface area (Å²) in [6.07, 6.45) is 2.61. The Balaban J connectivity index is 1.79. The van der Waals surface area contributed by atoms with E-state index in [2.05, 4.69) is 4.98 Å². The average Bonchev–Trinajstić information content (AvgIpc) is 2.93. The maximum absolute atomic E-state index is 10.5. The molecular weight excluding hydrogens is 248 g/mol. The predicted octanol–water partition coefficient (Wildman–Crippen LogP) is 2.47. The van der Waals surface area contributed by atoms with Gasteiger partial charge in [-0.15, -0.1) is 11.3 Å². The zero-order valence-corrected chi connectivity index (χ0v) is 10.9. The molecule has 18 heavy (non-hydrogen) atoms. The number of nitrogens with zero attached hydrogens (tertiary/aromatic N) is 2. The molecule has 1 aromatic heterocycles. The van der Waals surface area contributed by atoms with Crippen LogP contribution < -0.4 is 9.64 Å². The van der Waals surface area contributed by atoms with Crippen molar-refractivity contribution in [2.45, 2.75) is 0 Å². The number of benzene rings is 1. The van der Waals surface area contributed by atoms with Gasteiger partial charge in [-0.3, -0.25) is 4.79 Å². The van der Waals surface area contributed by atoms with Crippen molar-refractivity contribution in [2.24, 2.45) is 0 Å². The van der Waals surface area contributed by atoms with Gasteiger partial charge in [0.1, 0.15) is 18.6 Å². The SMILES string of the molecule is CN(CCOc1ccc(C=O)cc1)c1nccs1. The minimum Gasteiger partial charge on any atom is -0.492 e. The normalized spacial score (nSPS) is 10.1. The summed E-state index contributed by atoms with van der Waals surface area (Å²) in [4.78, 5) is 16.8. The highest BCUT2D eigenvalue weighted by molar-refractivity contribution is 7.13. The van der Waals surface area contributed by atoms with Crippen molar-refractivity contribution in [2.75, 3.05) is 25.1 Å². The van der Waals surface area contributed by atoms with E-state index in [1.54, 1.807) is 41.8 Å². The van der Waals surface area contributed by atoms with E-state index in [-0.39, 0.29) is 0 Å². The van der Waals surface area contributed by atoms with Gasteiger partial charge in [-0.1, -0.05) is 0 Å². The average molecular weight is 262 g/mol. The lowest BCUT2D eigenvalue weighted by molar-refractivity contribution is 0.112. The van der Waals surface area contributed by atoms with Crippen molar-refractivity contribution in [3.05, 3.63) is 41.4 Å². The number of carbonyl (C=O) groups excluding carboxylic acids is 1. The molecule has 4 nitrogen and oxygen atoms in total. The number of thiazole rings is 1. The number of aromatic nitrogens is 1. The molecule has 0 saturated carbocycles. The van der Waals surface area contributed by atoms with Gasteiger partial charge in [-0.2, -0.15) is 0 Å². The number of likely N-dealkylation sites (N-methyl/N-ethyl adjacent to an activating group) is 1. The second kappa shape index (κ2) is 6.16. The summed E-state index contributed by atoms with van der Waals surface area (Å²) >= 11 is 1.60. The highest BCUT2D eigenvalue weighted by atomic mass is 32.1. The van der Waals surface area contributed by atoms with Crippen molar-refractivity contribution in [3.63, 3.8) is 0 Å². The van der Waals surface area contributed by atoms with E-state index in [0.717, 1.165) is 23.7 Å². The number of rotatable bonds is 6. The number of ether oxygens (including phenoxy) is 1. The Labute approximate surface area is 110 Å². The van der Waals surface area contributed by atoms with E-state index in [1.165, 1.54) is 0 Å². The van der Waals surface area contributed by atoms with Crippen LogP contribution in [0.2, 0.25) is 0 Å². The highest BCUT2D eigenvalue weighted by Crippen LogP contribution is 2.15. The summed E-state index contributed by atoms with van der Waals surface area (Å²) in [5.74, 6) is 0.771. The Hall–Kier alpha value is -1.88. The Morgan fingerprint density at radius 3 is 2.78 bits per heavy atom. The Kier molecular flexibility index (Phi) is 4.30. The van der Waals surface area contributed by atoms with Crippen LogP contribution in [0.3, 0.4) is 0 Å². The lowest BCUT2D eigenvalue weighted by atomic mass is 10.2. The van der Waals surface area contributed by atoms with Crippen molar-refractivity contribution in [1.82, 2.24) is 4.98 Å². The molecule has 2 aromatic rings. The Bertz CT molecular complexity index is 482. The summed E-state index contributed by atoms with van der Waals surface area (Å²) in [5, 5.41) is 2.93. The van der Waals surface area contributed by atoms with Crippen LogP contribution in [0.15, 0.2) is 35.8 Å². The first-order valence-electron chi connectivity index (χ1n) is 5.58. The number of anilines is 1. The first-order chi connectivity index (χ1) is 8.79. The molecule has 1 aromatic carbocycles. The summed E-state index contributed by atoms with van der Waals surface area (Å²) < 4.78 is 5.59. The van der Waals surface area contributed by atoms with E-state index in [0.29, 0.717) is 12.2 Å². The molecule has 0 unspecified atom stereocenters. The minimum absolute atomic E-state index is 0.580.